The molecule has 2 unspecified atom stereocenters. The summed E-state index contributed by atoms with van der Waals surface area (Å²) in [5, 5.41) is 23.0. The maximum atomic E-state index is 12.2. The number of nitro benzene ring substituents is 1. The molecule has 0 aliphatic carbocycles. The number of amides is 2. The largest absolute Gasteiger partial charge is 0.480 e. The van der Waals surface area contributed by atoms with Gasteiger partial charge >= 0.3 is 5.97 Å². The summed E-state index contributed by atoms with van der Waals surface area (Å²) in [6, 6.07) is 2.63. The molecule has 0 aromatic heterocycles. The molecule has 11 heteroatoms. The maximum absolute atomic E-state index is 12.2. The van der Waals surface area contributed by atoms with Gasteiger partial charge in [-0.15, -0.1) is 11.8 Å². The molecule has 1 aromatic rings. The number of ether oxygens (including phenoxy) is 1. The second-order valence-electron chi connectivity index (χ2n) is 5.95. The molecule has 0 radical (unpaired) electrons. The van der Waals surface area contributed by atoms with E-state index in [1.165, 1.54) is 12.1 Å². The van der Waals surface area contributed by atoms with Gasteiger partial charge in [-0.3, -0.25) is 19.7 Å². The Hall–Kier alpha value is -2.66. The number of carbonyl (C=O) groups is 3. The molecule has 1 saturated heterocycles. The van der Waals surface area contributed by atoms with E-state index in [1.807, 2.05) is 0 Å². The van der Waals surface area contributed by atoms with Crippen molar-refractivity contribution in [2.45, 2.75) is 23.8 Å². The summed E-state index contributed by atoms with van der Waals surface area (Å²) in [5.41, 5.74) is 4.75. The lowest BCUT2D eigenvalue weighted by molar-refractivity contribution is -0.387. The summed E-state index contributed by atoms with van der Waals surface area (Å²) < 4.78 is 5.26. The number of hydrogen-bond donors (Lipinski definition) is 3. The molecule has 2 amide bonds. The van der Waals surface area contributed by atoms with E-state index >= 15 is 0 Å². The standard InChI is InChI=1S/C16H19N3O7S/c17-15(21)9-3-4-12(11(6-9)19(24)25)27-8-13(20)18-14(16(22)23)10-2-1-5-26-7-10/h3-4,6,10,14H,1-2,5,7-8H2,(H2,17,21)(H,18,20)(H,22,23). The summed E-state index contributed by atoms with van der Waals surface area (Å²) in [5.74, 6) is -3.05. The molecular weight excluding hydrogens is 378 g/mol. The zero-order valence-corrected chi connectivity index (χ0v) is 15.1. The number of primary amides is 1. The van der Waals surface area contributed by atoms with Gasteiger partial charge in [0.15, 0.2) is 0 Å². The Balaban J connectivity index is 2.02. The monoisotopic (exact) mass is 397 g/mol. The van der Waals surface area contributed by atoms with E-state index in [-0.39, 0.29) is 34.4 Å². The minimum atomic E-state index is -1.15. The van der Waals surface area contributed by atoms with Gasteiger partial charge < -0.3 is 20.9 Å². The molecule has 1 aliphatic heterocycles. The Morgan fingerprint density at radius 1 is 1.44 bits per heavy atom. The van der Waals surface area contributed by atoms with Gasteiger partial charge in [0.2, 0.25) is 11.8 Å². The van der Waals surface area contributed by atoms with Crippen LogP contribution in [0, 0.1) is 16.0 Å². The highest BCUT2D eigenvalue weighted by molar-refractivity contribution is 8.00. The van der Waals surface area contributed by atoms with Gasteiger partial charge in [-0.05, 0) is 25.0 Å². The number of nitro groups is 1. The Kier molecular flexibility index (Phi) is 7.13. The lowest BCUT2D eigenvalue weighted by Crippen LogP contribution is -2.48. The summed E-state index contributed by atoms with van der Waals surface area (Å²) in [7, 11) is 0. The van der Waals surface area contributed by atoms with Crippen LogP contribution in [0.25, 0.3) is 0 Å². The van der Waals surface area contributed by atoms with Crippen LogP contribution in [-0.4, -0.2) is 52.8 Å². The third-order valence-corrected chi connectivity index (χ3v) is 5.11. The van der Waals surface area contributed by atoms with Crippen molar-refractivity contribution >= 4 is 35.2 Å². The molecule has 27 heavy (non-hydrogen) atoms. The van der Waals surface area contributed by atoms with Crippen LogP contribution < -0.4 is 11.1 Å². The lowest BCUT2D eigenvalue weighted by Gasteiger charge is -2.28. The van der Waals surface area contributed by atoms with Crippen LogP contribution >= 0.6 is 11.8 Å². The van der Waals surface area contributed by atoms with Crippen molar-refractivity contribution in [2.75, 3.05) is 19.0 Å². The molecule has 0 spiro atoms. The Labute approximate surface area is 158 Å². The molecule has 0 saturated carbocycles. The van der Waals surface area contributed by atoms with Crippen LogP contribution in [0.15, 0.2) is 23.1 Å². The molecule has 1 fully saturated rings. The van der Waals surface area contributed by atoms with E-state index < -0.39 is 28.7 Å². The van der Waals surface area contributed by atoms with Crippen molar-refractivity contribution in [3.63, 3.8) is 0 Å². The first kappa shape index (κ1) is 20.6. The number of carboxylic acid groups (broad SMARTS) is 1. The number of carbonyl (C=O) groups excluding carboxylic acids is 2. The average molecular weight is 397 g/mol. The average Bonchev–Trinajstić information content (AvgIpc) is 2.64. The topological polar surface area (TPSA) is 162 Å². The van der Waals surface area contributed by atoms with Gasteiger partial charge in [-0.25, -0.2) is 4.79 Å². The summed E-state index contributed by atoms with van der Waals surface area (Å²) in [4.78, 5) is 45.4. The van der Waals surface area contributed by atoms with E-state index in [9.17, 15) is 29.6 Å². The Morgan fingerprint density at radius 3 is 2.74 bits per heavy atom. The minimum Gasteiger partial charge on any atom is -0.480 e. The zero-order chi connectivity index (χ0) is 20.0. The molecule has 146 valence electrons. The first-order chi connectivity index (χ1) is 12.8. The molecule has 1 heterocycles. The quantitative estimate of drug-likeness (QED) is 0.329. The van der Waals surface area contributed by atoms with Crippen LogP contribution in [0.5, 0.6) is 0 Å². The fraction of sp³-hybridized carbons (Fsp3) is 0.438. The first-order valence-corrected chi connectivity index (χ1v) is 9.09. The predicted molar refractivity (Wildman–Crippen MR) is 95.4 cm³/mol. The Morgan fingerprint density at radius 2 is 2.19 bits per heavy atom. The highest BCUT2D eigenvalue weighted by Crippen LogP contribution is 2.30. The summed E-state index contributed by atoms with van der Waals surface area (Å²) in [6.45, 7) is 0.821. The second kappa shape index (κ2) is 9.33. The number of benzene rings is 1. The summed E-state index contributed by atoms with van der Waals surface area (Å²) in [6.07, 6.45) is 1.35. The third kappa shape index (κ3) is 5.66. The van der Waals surface area contributed by atoms with Gasteiger partial charge in [0.05, 0.1) is 22.2 Å². The van der Waals surface area contributed by atoms with Crippen molar-refractivity contribution in [3.05, 3.63) is 33.9 Å². The number of rotatable bonds is 8. The van der Waals surface area contributed by atoms with Gasteiger partial charge in [-0.2, -0.15) is 0 Å². The number of nitrogens with two attached hydrogens (primary N) is 1. The van der Waals surface area contributed by atoms with Crippen LogP contribution in [0.1, 0.15) is 23.2 Å². The van der Waals surface area contributed by atoms with Gasteiger partial charge in [0.1, 0.15) is 6.04 Å². The molecule has 4 N–H and O–H groups in total. The van der Waals surface area contributed by atoms with Crippen molar-refractivity contribution in [1.82, 2.24) is 5.32 Å². The normalized spacial score (nSPS) is 17.7. The SMILES string of the molecule is NC(=O)c1ccc(SCC(=O)NC(C(=O)O)C2CCCOC2)c([N+](=O)[O-])c1. The number of carboxylic acids is 1. The predicted octanol–water partition coefficient (Wildman–Crippen LogP) is 0.782. The van der Waals surface area contributed by atoms with Crippen molar-refractivity contribution in [1.29, 1.82) is 0 Å². The van der Waals surface area contributed by atoms with Crippen molar-refractivity contribution < 1.29 is 29.2 Å². The minimum absolute atomic E-state index is 0.0151. The Bertz CT molecular complexity index is 750. The maximum Gasteiger partial charge on any atom is 0.326 e. The number of nitrogens with zero attached hydrogens (tertiary/aromatic N) is 1. The van der Waals surface area contributed by atoms with Crippen LogP contribution in [0.2, 0.25) is 0 Å². The lowest BCUT2D eigenvalue weighted by atomic mass is 9.94. The van der Waals surface area contributed by atoms with Crippen molar-refractivity contribution in [3.8, 4) is 0 Å². The molecular formula is C16H19N3O7S. The molecule has 1 aromatic carbocycles. The van der Waals surface area contributed by atoms with E-state index in [0.717, 1.165) is 24.2 Å². The molecule has 2 rings (SSSR count). The van der Waals surface area contributed by atoms with Gasteiger partial charge in [-0.1, -0.05) is 0 Å². The molecule has 1 aliphatic rings. The first-order valence-electron chi connectivity index (χ1n) is 8.10. The molecule has 2 atom stereocenters. The number of aliphatic carboxylic acids is 1. The van der Waals surface area contributed by atoms with Crippen LogP contribution in [0.3, 0.4) is 0 Å². The van der Waals surface area contributed by atoms with Crippen LogP contribution in [-0.2, 0) is 14.3 Å². The number of nitrogens with one attached hydrogen (secondary N) is 1. The van der Waals surface area contributed by atoms with Crippen LogP contribution in [0.4, 0.5) is 5.69 Å². The number of thioether (sulfide) groups is 1. The van der Waals surface area contributed by atoms with Gasteiger partial charge in [0, 0.05) is 24.2 Å². The smallest absolute Gasteiger partial charge is 0.326 e. The highest BCUT2D eigenvalue weighted by atomic mass is 32.2. The third-order valence-electron chi connectivity index (χ3n) is 4.05. The fourth-order valence-corrected chi connectivity index (χ4v) is 3.52. The molecule has 10 nitrogen and oxygen atoms in total. The second-order valence-corrected chi connectivity index (χ2v) is 6.97. The van der Waals surface area contributed by atoms with E-state index in [2.05, 4.69) is 5.32 Å². The fourth-order valence-electron chi connectivity index (χ4n) is 2.70. The van der Waals surface area contributed by atoms with E-state index in [1.54, 1.807) is 0 Å². The van der Waals surface area contributed by atoms with E-state index in [0.29, 0.717) is 13.0 Å². The molecule has 0 bridgehead atoms. The van der Waals surface area contributed by atoms with Gasteiger partial charge in [0.25, 0.3) is 5.69 Å². The van der Waals surface area contributed by atoms with Crippen molar-refractivity contribution in [2.24, 2.45) is 11.7 Å². The summed E-state index contributed by atoms with van der Waals surface area (Å²) >= 11 is 0.874. The zero-order valence-electron chi connectivity index (χ0n) is 14.3. The highest BCUT2D eigenvalue weighted by Gasteiger charge is 2.31. The van der Waals surface area contributed by atoms with E-state index in [4.69, 9.17) is 10.5 Å². The number of hydrogen-bond acceptors (Lipinski definition) is 7.